The predicted molar refractivity (Wildman–Crippen MR) is 73.4 cm³/mol. The van der Waals surface area contributed by atoms with Crippen LogP contribution in [0, 0.1) is 0 Å². The number of rotatable bonds is 3. The molecule has 0 radical (unpaired) electrons. The standard InChI is InChI=1S/C15H21NO3/c1-16(12-8-4-5-9-13(12)17)15(18)11-7-3-6-10-14(11)19-2/h3,6-7,10,12-13,17H,4-5,8-9H2,1-2H3/t12-,13-/m1/s1. The molecule has 19 heavy (non-hydrogen) atoms. The van der Waals surface area contributed by atoms with E-state index in [1.54, 1.807) is 31.2 Å². The fourth-order valence-corrected chi connectivity index (χ4v) is 2.71. The van der Waals surface area contributed by atoms with Gasteiger partial charge in [0.05, 0.1) is 24.8 Å². The minimum Gasteiger partial charge on any atom is -0.496 e. The molecule has 0 spiro atoms. The lowest BCUT2D eigenvalue weighted by atomic mass is 9.91. The Morgan fingerprint density at radius 2 is 2.00 bits per heavy atom. The maximum absolute atomic E-state index is 12.5. The van der Waals surface area contributed by atoms with Crippen molar-refractivity contribution >= 4 is 5.91 Å². The quantitative estimate of drug-likeness (QED) is 0.908. The topological polar surface area (TPSA) is 49.8 Å². The summed E-state index contributed by atoms with van der Waals surface area (Å²) in [5, 5.41) is 10.0. The molecule has 1 amide bonds. The Balaban J connectivity index is 2.18. The van der Waals surface area contributed by atoms with Crippen molar-refractivity contribution < 1.29 is 14.6 Å². The van der Waals surface area contributed by atoms with Crippen molar-refractivity contribution in [2.45, 2.75) is 37.8 Å². The van der Waals surface area contributed by atoms with Gasteiger partial charge in [-0.3, -0.25) is 4.79 Å². The molecule has 2 rings (SSSR count). The Morgan fingerprint density at radius 3 is 2.68 bits per heavy atom. The molecule has 0 bridgehead atoms. The molecular weight excluding hydrogens is 242 g/mol. The van der Waals surface area contributed by atoms with Crippen LogP contribution in [0.15, 0.2) is 24.3 Å². The number of benzene rings is 1. The Hall–Kier alpha value is -1.55. The first-order chi connectivity index (χ1) is 9.15. The number of para-hydroxylation sites is 1. The van der Waals surface area contributed by atoms with E-state index in [-0.39, 0.29) is 11.9 Å². The monoisotopic (exact) mass is 263 g/mol. The zero-order valence-electron chi connectivity index (χ0n) is 11.5. The molecule has 0 heterocycles. The van der Waals surface area contributed by atoms with E-state index in [2.05, 4.69) is 0 Å². The summed E-state index contributed by atoms with van der Waals surface area (Å²) in [6.07, 6.45) is 3.31. The van der Waals surface area contributed by atoms with Gasteiger partial charge in [-0.2, -0.15) is 0 Å². The highest BCUT2D eigenvalue weighted by molar-refractivity contribution is 5.97. The molecule has 1 aliphatic rings. The third kappa shape index (κ3) is 2.89. The summed E-state index contributed by atoms with van der Waals surface area (Å²) in [7, 11) is 3.32. The van der Waals surface area contributed by atoms with Gasteiger partial charge in [-0.25, -0.2) is 0 Å². The van der Waals surface area contributed by atoms with Gasteiger partial charge < -0.3 is 14.7 Å². The van der Waals surface area contributed by atoms with Gasteiger partial charge in [0.1, 0.15) is 5.75 Å². The van der Waals surface area contributed by atoms with Crippen molar-refractivity contribution in [3.05, 3.63) is 29.8 Å². The van der Waals surface area contributed by atoms with Crippen LogP contribution in [0.2, 0.25) is 0 Å². The number of likely N-dealkylation sites (N-methyl/N-ethyl adjacent to an activating group) is 1. The van der Waals surface area contributed by atoms with Crippen molar-refractivity contribution in [2.75, 3.05) is 14.2 Å². The molecule has 4 heteroatoms. The molecular formula is C15H21NO3. The predicted octanol–water partition coefficient (Wildman–Crippen LogP) is 2.07. The average Bonchev–Trinajstić information content (AvgIpc) is 2.46. The Morgan fingerprint density at radius 1 is 1.32 bits per heavy atom. The van der Waals surface area contributed by atoms with Crippen LogP contribution >= 0.6 is 0 Å². The second kappa shape index (κ2) is 6.06. The number of ether oxygens (including phenoxy) is 1. The van der Waals surface area contributed by atoms with Crippen LogP contribution in [0.5, 0.6) is 5.75 Å². The average molecular weight is 263 g/mol. The van der Waals surface area contributed by atoms with Crippen molar-refractivity contribution in [3.63, 3.8) is 0 Å². The van der Waals surface area contributed by atoms with E-state index < -0.39 is 6.10 Å². The SMILES string of the molecule is COc1ccccc1C(=O)N(C)[C@@H]1CCCC[C@H]1O. The van der Waals surface area contributed by atoms with Gasteiger partial charge in [0, 0.05) is 7.05 Å². The molecule has 1 aliphatic carbocycles. The smallest absolute Gasteiger partial charge is 0.257 e. The number of aliphatic hydroxyl groups is 1. The van der Waals surface area contributed by atoms with Crippen LogP contribution < -0.4 is 4.74 Å². The van der Waals surface area contributed by atoms with E-state index in [1.807, 2.05) is 12.1 Å². The van der Waals surface area contributed by atoms with E-state index in [0.29, 0.717) is 11.3 Å². The molecule has 1 saturated carbocycles. The van der Waals surface area contributed by atoms with Gasteiger partial charge in [0.25, 0.3) is 5.91 Å². The van der Waals surface area contributed by atoms with Crippen LogP contribution in [-0.2, 0) is 0 Å². The number of hydrogen-bond acceptors (Lipinski definition) is 3. The van der Waals surface area contributed by atoms with Crippen molar-refractivity contribution in [1.82, 2.24) is 4.90 Å². The van der Waals surface area contributed by atoms with E-state index in [4.69, 9.17) is 4.74 Å². The highest BCUT2D eigenvalue weighted by atomic mass is 16.5. The van der Waals surface area contributed by atoms with E-state index >= 15 is 0 Å². The molecule has 1 aromatic carbocycles. The molecule has 0 aromatic heterocycles. The summed E-state index contributed by atoms with van der Waals surface area (Å²) in [4.78, 5) is 14.2. The van der Waals surface area contributed by atoms with Crippen molar-refractivity contribution in [1.29, 1.82) is 0 Å². The summed E-state index contributed by atoms with van der Waals surface area (Å²) < 4.78 is 5.22. The van der Waals surface area contributed by atoms with Crippen LogP contribution in [0.25, 0.3) is 0 Å². The molecule has 4 nitrogen and oxygen atoms in total. The first-order valence-electron chi connectivity index (χ1n) is 6.73. The molecule has 0 saturated heterocycles. The third-order valence-corrected chi connectivity index (χ3v) is 3.85. The lowest BCUT2D eigenvalue weighted by Gasteiger charge is -2.35. The van der Waals surface area contributed by atoms with Gasteiger partial charge in [-0.05, 0) is 25.0 Å². The number of carbonyl (C=O) groups is 1. The van der Waals surface area contributed by atoms with Gasteiger partial charge >= 0.3 is 0 Å². The van der Waals surface area contributed by atoms with Crippen molar-refractivity contribution in [3.8, 4) is 5.75 Å². The van der Waals surface area contributed by atoms with E-state index in [1.165, 1.54) is 0 Å². The fraction of sp³-hybridized carbons (Fsp3) is 0.533. The molecule has 104 valence electrons. The molecule has 1 fully saturated rings. The number of nitrogens with zero attached hydrogens (tertiary/aromatic N) is 1. The lowest BCUT2D eigenvalue weighted by molar-refractivity contribution is 0.0266. The normalized spacial score (nSPS) is 22.9. The van der Waals surface area contributed by atoms with Crippen LogP contribution in [0.1, 0.15) is 36.0 Å². The first kappa shape index (κ1) is 13.9. The molecule has 0 aliphatic heterocycles. The van der Waals surface area contributed by atoms with Crippen LogP contribution in [-0.4, -0.2) is 42.2 Å². The number of methoxy groups -OCH3 is 1. The Bertz CT molecular complexity index is 447. The third-order valence-electron chi connectivity index (χ3n) is 3.85. The summed E-state index contributed by atoms with van der Waals surface area (Å²) in [5.41, 5.74) is 0.547. The largest absolute Gasteiger partial charge is 0.496 e. The van der Waals surface area contributed by atoms with Crippen LogP contribution in [0.4, 0.5) is 0 Å². The molecule has 1 aromatic rings. The van der Waals surface area contributed by atoms with Gasteiger partial charge in [0.15, 0.2) is 0 Å². The Labute approximate surface area is 114 Å². The highest BCUT2D eigenvalue weighted by Crippen LogP contribution is 2.25. The van der Waals surface area contributed by atoms with Gasteiger partial charge in [-0.1, -0.05) is 25.0 Å². The second-order valence-electron chi connectivity index (χ2n) is 5.04. The zero-order valence-corrected chi connectivity index (χ0v) is 11.5. The summed E-state index contributed by atoms with van der Waals surface area (Å²) >= 11 is 0. The summed E-state index contributed by atoms with van der Waals surface area (Å²) in [6, 6.07) is 7.10. The number of aliphatic hydroxyl groups excluding tert-OH is 1. The van der Waals surface area contributed by atoms with Crippen LogP contribution in [0.3, 0.4) is 0 Å². The molecule has 1 N–H and O–H groups in total. The number of amides is 1. The minimum atomic E-state index is -0.419. The first-order valence-corrected chi connectivity index (χ1v) is 6.73. The van der Waals surface area contributed by atoms with Gasteiger partial charge in [-0.15, -0.1) is 0 Å². The maximum atomic E-state index is 12.5. The molecule has 0 unspecified atom stereocenters. The van der Waals surface area contributed by atoms with Crippen molar-refractivity contribution in [2.24, 2.45) is 0 Å². The summed E-state index contributed by atoms with van der Waals surface area (Å²) in [6.45, 7) is 0. The Kier molecular flexibility index (Phi) is 4.43. The minimum absolute atomic E-state index is 0.0915. The second-order valence-corrected chi connectivity index (χ2v) is 5.04. The zero-order chi connectivity index (χ0) is 13.8. The number of hydrogen-bond donors (Lipinski definition) is 1. The number of carbonyl (C=O) groups excluding carboxylic acids is 1. The van der Waals surface area contributed by atoms with Gasteiger partial charge in [0.2, 0.25) is 0 Å². The molecule has 2 atom stereocenters. The maximum Gasteiger partial charge on any atom is 0.257 e. The lowest BCUT2D eigenvalue weighted by Crippen LogP contribution is -2.46. The fourth-order valence-electron chi connectivity index (χ4n) is 2.71. The van der Waals surface area contributed by atoms with E-state index in [0.717, 1.165) is 25.7 Å². The van der Waals surface area contributed by atoms with E-state index in [9.17, 15) is 9.90 Å². The summed E-state index contributed by atoms with van der Waals surface area (Å²) in [5.74, 6) is 0.480. The highest BCUT2D eigenvalue weighted by Gasteiger charge is 2.30.